The lowest BCUT2D eigenvalue weighted by Crippen LogP contribution is -2.36. The van der Waals surface area contributed by atoms with Crippen LogP contribution in [0.4, 0.5) is 0 Å². The van der Waals surface area contributed by atoms with E-state index in [2.05, 4.69) is 15.9 Å². The first-order valence-electron chi connectivity index (χ1n) is 9.37. The molecule has 7 heteroatoms. The summed E-state index contributed by atoms with van der Waals surface area (Å²) in [5.41, 5.74) is 1.25. The molecule has 2 atom stereocenters. The number of likely N-dealkylation sites (tertiary alicyclic amines) is 1. The van der Waals surface area contributed by atoms with E-state index in [0.717, 1.165) is 22.9 Å². The van der Waals surface area contributed by atoms with Gasteiger partial charge in [-0.2, -0.15) is 0 Å². The number of carbonyl (C=O) groups is 2. The molecule has 5 nitrogen and oxygen atoms in total. The lowest BCUT2D eigenvalue weighted by Gasteiger charge is -2.27. The Labute approximate surface area is 182 Å². The SMILES string of the molecule is O=C1C(=O)N(CC2CCCO2)C(c2cccc(Br)c2)/C1=C(/O)c1ccc(Cl)cc1. The fourth-order valence-corrected chi connectivity index (χ4v) is 4.41. The molecule has 2 aromatic rings. The maximum Gasteiger partial charge on any atom is 0.295 e. The number of aliphatic hydroxyl groups excluding tert-OH is 1. The zero-order valence-corrected chi connectivity index (χ0v) is 17.8. The number of amides is 1. The third-order valence-electron chi connectivity index (χ3n) is 5.25. The molecule has 4 rings (SSSR count). The molecule has 0 saturated carbocycles. The van der Waals surface area contributed by atoms with Crippen molar-refractivity contribution in [2.75, 3.05) is 13.2 Å². The van der Waals surface area contributed by atoms with Gasteiger partial charge in [0.05, 0.1) is 17.7 Å². The monoisotopic (exact) mass is 475 g/mol. The highest BCUT2D eigenvalue weighted by Gasteiger charge is 2.47. The average Bonchev–Trinajstić information content (AvgIpc) is 3.30. The van der Waals surface area contributed by atoms with Crippen molar-refractivity contribution in [3.8, 4) is 0 Å². The van der Waals surface area contributed by atoms with Crippen molar-refractivity contribution < 1.29 is 19.4 Å². The second-order valence-corrected chi connectivity index (χ2v) is 8.50. The summed E-state index contributed by atoms with van der Waals surface area (Å²) >= 11 is 9.39. The van der Waals surface area contributed by atoms with Gasteiger partial charge in [0.1, 0.15) is 5.76 Å². The largest absolute Gasteiger partial charge is 0.507 e. The Morgan fingerprint density at radius 3 is 2.62 bits per heavy atom. The molecule has 1 N–H and O–H groups in total. The van der Waals surface area contributed by atoms with E-state index in [4.69, 9.17) is 16.3 Å². The Morgan fingerprint density at radius 2 is 1.97 bits per heavy atom. The third kappa shape index (κ3) is 3.97. The average molecular weight is 477 g/mol. The number of rotatable bonds is 4. The number of Topliss-reactive ketones (excluding diaryl/α,β-unsaturated/α-hetero) is 1. The Bertz CT molecular complexity index is 983. The third-order valence-corrected chi connectivity index (χ3v) is 5.99. The number of nitrogens with zero attached hydrogens (tertiary/aromatic N) is 1. The summed E-state index contributed by atoms with van der Waals surface area (Å²) < 4.78 is 6.52. The number of ether oxygens (including phenoxy) is 1. The van der Waals surface area contributed by atoms with Gasteiger partial charge in [0, 0.05) is 28.2 Å². The smallest absolute Gasteiger partial charge is 0.295 e. The lowest BCUT2D eigenvalue weighted by atomic mass is 9.95. The first-order valence-corrected chi connectivity index (χ1v) is 10.5. The van der Waals surface area contributed by atoms with Gasteiger partial charge >= 0.3 is 0 Å². The van der Waals surface area contributed by atoms with E-state index in [1.54, 1.807) is 24.3 Å². The van der Waals surface area contributed by atoms with E-state index in [1.807, 2.05) is 24.3 Å². The molecular formula is C22H19BrClNO4. The van der Waals surface area contributed by atoms with E-state index in [1.165, 1.54) is 4.90 Å². The van der Waals surface area contributed by atoms with Crippen molar-refractivity contribution in [1.29, 1.82) is 0 Å². The summed E-state index contributed by atoms with van der Waals surface area (Å²) in [4.78, 5) is 27.4. The van der Waals surface area contributed by atoms with Crippen LogP contribution in [0.3, 0.4) is 0 Å². The molecule has 0 aromatic heterocycles. The molecule has 2 heterocycles. The van der Waals surface area contributed by atoms with E-state index in [0.29, 0.717) is 23.7 Å². The second-order valence-electron chi connectivity index (χ2n) is 7.15. The topological polar surface area (TPSA) is 66.8 Å². The van der Waals surface area contributed by atoms with Crippen molar-refractivity contribution in [3.63, 3.8) is 0 Å². The molecule has 0 radical (unpaired) electrons. The summed E-state index contributed by atoms with van der Waals surface area (Å²) in [6, 6.07) is 13.2. The predicted molar refractivity (Wildman–Crippen MR) is 114 cm³/mol. The van der Waals surface area contributed by atoms with Crippen molar-refractivity contribution in [2.45, 2.75) is 25.0 Å². The molecule has 0 spiro atoms. The fraction of sp³-hybridized carbons (Fsp3) is 0.273. The normalized spacial score (nSPS) is 23.7. The van der Waals surface area contributed by atoms with Crippen LogP contribution in [-0.4, -0.2) is 41.0 Å². The van der Waals surface area contributed by atoms with Crippen LogP contribution in [0.15, 0.2) is 58.6 Å². The standard InChI is InChI=1S/C22H19BrClNO4/c23-15-4-1-3-14(11-15)19-18(20(26)13-6-8-16(24)9-7-13)21(27)22(28)25(19)12-17-5-2-10-29-17/h1,3-4,6-9,11,17,19,26H,2,5,10,12H2/b20-18-. The van der Waals surface area contributed by atoms with Crippen LogP contribution in [-0.2, 0) is 14.3 Å². The van der Waals surface area contributed by atoms with Crippen molar-refractivity contribution in [1.82, 2.24) is 4.90 Å². The number of halogens is 2. The summed E-state index contributed by atoms with van der Waals surface area (Å²) in [6.07, 6.45) is 1.66. The first kappa shape index (κ1) is 20.1. The van der Waals surface area contributed by atoms with Crippen LogP contribution in [0, 0.1) is 0 Å². The zero-order chi connectivity index (χ0) is 20.5. The van der Waals surface area contributed by atoms with Gasteiger partial charge in [0.25, 0.3) is 11.7 Å². The van der Waals surface area contributed by atoms with Gasteiger partial charge < -0.3 is 14.7 Å². The van der Waals surface area contributed by atoms with Gasteiger partial charge in [-0.25, -0.2) is 0 Å². The number of ketones is 1. The minimum absolute atomic E-state index is 0.0772. The quantitative estimate of drug-likeness (QED) is 0.394. The number of hydrogen-bond donors (Lipinski definition) is 1. The maximum absolute atomic E-state index is 13.0. The highest BCUT2D eigenvalue weighted by Crippen LogP contribution is 2.40. The molecule has 2 aliphatic heterocycles. The van der Waals surface area contributed by atoms with Gasteiger partial charge in [0.2, 0.25) is 0 Å². The highest BCUT2D eigenvalue weighted by atomic mass is 79.9. The first-order chi connectivity index (χ1) is 14.0. The molecule has 1 amide bonds. The van der Waals surface area contributed by atoms with Gasteiger partial charge in [-0.15, -0.1) is 0 Å². The van der Waals surface area contributed by atoms with Gasteiger partial charge in [-0.05, 0) is 54.8 Å². The Morgan fingerprint density at radius 1 is 1.21 bits per heavy atom. The lowest BCUT2D eigenvalue weighted by molar-refractivity contribution is -0.140. The molecule has 0 bridgehead atoms. The van der Waals surface area contributed by atoms with Crippen molar-refractivity contribution >= 4 is 45.0 Å². The predicted octanol–water partition coefficient (Wildman–Crippen LogP) is 4.70. The van der Waals surface area contributed by atoms with E-state index in [-0.39, 0.29) is 17.4 Å². The van der Waals surface area contributed by atoms with Crippen LogP contribution in [0.25, 0.3) is 5.76 Å². The Balaban J connectivity index is 1.83. The van der Waals surface area contributed by atoms with Crippen LogP contribution in [0.5, 0.6) is 0 Å². The van der Waals surface area contributed by atoms with Crippen molar-refractivity contribution in [3.05, 3.63) is 74.7 Å². The number of aliphatic hydroxyl groups is 1. The van der Waals surface area contributed by atoms with Gasteiger partial charge in [0.15, 0.2) is 0 Å². The molecule has 2 aliphatic rings. The molecule has 2 unspecified atom stereocenters. The van der Waals surface area contributed by atoms with Crippen LogP contribution < -0.4 is 0 Å². The van der Waals surface area contributed by atoms with Crippen LogP contribution in [0.2, 0.25) is 5.02 Å². The number of carbonyl (C=O) groups excluding carboxylic acids is 2. The van der Waals surface area contributed by atoms with Gasteiger partial charge in [-0.3, -0.25) is 9.59 Å². The second kappa shape index (κ2) is 8.30. The van der Waals surface area contributed by atoms with Crippen molar-refractivity contribution in [2.24, 2.45) is 0 Å². The fourth-order valence-electron chi connectivity index (χ4n) is 3.86. The number of hydrogen-bond acceptors (Lipinski definition) is 4. The zero-order valence-electron chi connectivity index (χ0n) is 15.5. The molecule has 2 aromatic carbocycles. The summed E-state index contributed by atoms with van der Waals surface area (Å²) in [6.45, 7) is 0.958. The molecule has 150 valence electrons. The van der Waals surface area contributed by atoms with Crippen LogP contribution in [0.1, 0.15) is 30.0 Å². The minimum atomic E-state index is -0.694. The molecular weight excluding hydrogens is 458 g/mol. The Kier molecular flexibility index (Phi) is 5.76. The molecule has 2 saturated heterocycles. The summed E-state index contributed by atoms with van der Waals surface area (Å²) in [7, 11) is 0. The summed E-state index contributed by atoms with van der Waals surface area (Å²) in [5.74, 6) is -1.53. The molecule has 0 aliphatic carbocycles. The minimum Gasteiger partial charge on any atom is -0.507 e. The highest BCUT2D eigenvalue weighted by molar-refractivity contribution is 9.10. The number of benzene rings is 2. The van der Waals surface area contributed by atoms with Crippen LogP contribution >= 0.6 is 27.5 Å². The van der Waals surface area contributed by atoms with E-state index >= 15 is 0 Å². The van der Waals surface area contributed by atoms with Gasteiger partial charge in [-0.1, -0.05) is 39.7 Å². The molecule has 2 fully saturated rings. The maximum atomic E-state index is 13.0. The summed E-state index contributed by atoms with van der Waals surface area (Å²) in [5, 5.41) is 11.5. The van der Waals surface area contributed by atoms with E-state index in [9.17, 15) is 14.7 Å². The Hall–Kier alpha value is -2.15. The molecule has 29 heavy (non-hydrogen) atoms. The van der Waals surface area contributed by atoms with E-state index < -0.39 is 17.7 Å².